The first kappa shape index (κ1) is 17.5. The van der Waals surface area contributed by atoms with Crippen molar-refractivity contribution in [1.82, 2.24) is 20.5 Å². The van der Waals surface area contributed by atoms with Crippen LogP contribution in [0.1, 0.15) is 32.1 Å². The highest BCUT2D eigenvalue weighted by Gasteiger charge is 2.22. The highest BCUT2D eigenvalue weighted by atomic mass is 16.2. The summed E-state index contributed by atoms with van der Waals surface area (Å²) in [6.45, 7) is 2.89. The molecule has 2 N–H and O–H groups in total. The van der Waals surface area contributed by atoms with Crippen LogP contribution in [-0.2, 0) is 4.79 Å². The van der Waals surface area contributed by atoms with E-state index in [0.717, 1.165) is 31.7 Å². The Labute approximate surface area is 148 Å². The minimum Gasteiger partial charge on any atom is -0.353 e. The molecule has 0 aromatic carbocycles. The number of aromatic nitrogens is 1. The van der Waals surface area contributed by atoms with Crippen LogP contribution in [0.4, 0.5) is 10.6 Å². The van der Waals surface area contributed by atoms with E-state index >= 15 is 0 Å². The van der Waals surface area contributed by atoms with Crippen molar-refractivity contribution < 1.29 is 9.59 Å². The standard InChI is InChI=1S/C18H27N5O2/c24-17(14-20-18(25)21-15-6-2-1-3-7-15)23-12-10-22(11-13-23)16-8-4-5-9-19-16/h4-5,8-9,15H,1-3,6-7,10-14H2,(H2,20,21,25). The molecule has 3 rings (SSSR count). The lowest BCUT2D eigenvalue weighted by atomic mass is 9.96. The molecule has 1 aromatic rings. The minimum absolute atomic E-state index is 0.0283. The maximum atomic E-state index is 12.3. The van der Waals surface area contributed by atoms with Gasteiger partial charge in [-0.05, 0) is 25.0 Å². The van der Waals surface area contributed by atoms with Crippen LogP contribution in [-0.4, -0.2) is 60.6 Å². The van der Waals surface area contributed by atoms with E-state index in [2.05, 4.69) is 20.5 Å². The Morgan fingerprint density at radius 1 is 1.08 bits per heavy atom. The van der Waals surface area contributed by atoms with Crippen molar-refractivity contribution in [2.24, 2.45) is 0 Å². The number of carbonyl (C=O) groups excluding carboxylic acids is 2. The number of carbonyl (C=O) groups is 2. The van der Waals surface area contributed by atoms with Gasteiger partial charge in [0.1, 0.15) is 5.82 Å². The van der Waals surface area contributed by atoms with Crippen LogP contribution < -0.4 is 15.5 Å². The monoisotopic (exact) mass is 345 g/mol. The van der Waals surface area contributed by atoms with E-state index < -0.39 is 0 Å². The Morgan fingerprint density at radius 2 is 1.84 bits per heavy atom. The number of pyridine rings is 1. The average molecular weight is 345 g/mol. The van der Waals surface area contributed by atoms with E-state index in [4.69, 9.17) is 0 Å². The van der Waals surface area contributed by atoms with Gasteiger partial charge in [0, 0.05) is 38.4 Å². The zero-order valence-corrected chi connectivity index (χ0v) is 14.6. The topological polar surface area (TPSA) is 77.6 Å². The minimum atomic E-state index is -0.229. The summed E-state index contributed by atoms with van der Waals surface area (Å²) in [5, 5.41) is 5.67. The lowest BCUT2D eigenvalue weighted by Crippen LogP contribution is -2.52. The van der Waals surface area contributed by atoms with Gasteiger partial charge in [-0.25, -0.2) is 9.78 Å². The van der Waals surface area contributed by atoms with Gasteiger partial charge in [0.15, 0.2) is 0 Å². The molecule has 1 saturated carbocycles. The smallest absolute Gasteiger partial charge is 0.315 e. The molecule has 1 aliphatic heterocycles. The summed E-state index contributed by atoms with van der Waals surface area (Å²) in [5.41, 5.74) is 0. The molecule has 7 heteroatoms. The van der Waals surface area contributed by atoms with Gasteiger partial charge in [-0.3, -0.25) is 4.79 Å². The summed E-state index contributed by atoms with van der Waals surface area (Å²) in [6.07, 6.45) is 7.45. The predicted molar refractivity (Wildman–Crippen MR) is 96.4 cm³/mol. The second-order valence-corrected chi connectivity index (χ2v) is 6.72. The van der Waals surface area contributed by atoms with Gasteiger partial charge in [-0.1, -0.05) is 25.3 Å². The number of urea groups is 1. The number of nitrogens with one attached hydrogen (secondary N) is 2. The quantitative estimate of drug-likeness (QED) is 0.864. The molecule has 0 bridgehead atoms. The Bertz CT molecular complexity index is 566. The van der Waals surface area contributed by atoms with Crippen LogP contribution in [0.15, 0.2) is 24.4 Å². The molecule has 3 amide bonds. The number of nitrogens with zero attached hydrogens (tertiary/aromatic N) is 3. The van der Waals surface area contributed by atoms with Gasteiger partial charge in [0.25, 0.3) is 0 Å². The lowest BCUT2D eigenvalue weighted by Gasteiger charge is -2.35. The molecule has 0 radical (unpaired) electrons. The van der Waals surface area contributed by atoms with E-state index in [-0.39, 0.29) is 24.5 Å². The van der Waals surface area contributed by atoms with Gasteiger partial charge >= 0.3 is 6.03 Å². The third kappa shape index (κ3) is 5.08. The molecule has 0 spiro atoms. The van der Waals surface area contributed by atoms with Crippen LogP contribution >= 0.6 is 0 Å². The Hall–Kier alpha value is -2.31. The summed E-state index contributed by atoms with van der Waals surface area (Å²) in [7, 11) is 0. The number of rotatable bonds is 4. The van der Waals surface area contributed by atoms with Gasteiger partial charge in [-0.15, -0.1) is 0 Å². The molecule has 2 heterocycles. The Balaban J connectivity index is 1.37. The van der Waals surface area contributed by atoms with E-state index in [1.807, 2.05) is 18.2 Å². The molecule has 2 aliphatic rings. The van der Waals surface area contributed by atoms with Gasteiger partial charge in [0.2, 0.25) is 5.91 Å². The van der Waals surface area contributed by atoms with E-state index in [0.29, 0.717) is 13.1 Å². The first-order valence-corrected chi connectivity index (χ1v) is 9.20. The fourth-order valence-electron chi connectivity index (χ4n) is 3.48. The number of amides is 3. The van der Waals surface area contributed by atoms with Crippen molar-refractivity contribution in [3.63, 3.8) is 0 Å². The van der Waals surface area contributed by atoms with Gasteiger partial charge in [0.05, 0.1) is 6.54 Å². The molecule has 136 valence electrons. The molecule has 1 aromatic heterocycles. The second kappa shape index (κ2) is 8.69. The average Bonchev–Trinajstić information content (AvgIpc) is 2.68. The Morgan fingerprint density at radius 3 is 2.52 bits per heavy atom. The van der Waals surface area contributed by atoms with E-state index in [9.17, 15) is 9.59 Å². The summed E-state index contributed by atoms with van der Waals surface area (Å²) in [6, 6.07) is 5.87. The summed E-state index contributed by atoms with van der Waals surface area (Å²) >= 11 is 0. The SMILES string of the molecule is O=C(NCC(=O)N1CCN(c2ccccn2)CC1)NC1CCCCC1. The van der Waals surface area contributed by atoms with Crippen LogP contribution in [0.2, 0.25) is 0 Å². The summed E-state index contributed by atoms with van der Waals surface area (Å²) < 4.78 is 0. The normalized spacial score (nSPS) is 18.7. The van der Waals surface area contributed by atoms with Crippen molar-refractivity contribution in [3.05, 3.63) is 24.4 Å². The van der Waals surface area contributed by atoms with Crippen LogP contribution in [0.3, 0.4) is 0 Å². The molecule has 2 fully saturated rings. The fraction of sp³-hybridized carbons (Fsp3) is 0.611. The first-order valence-electron chi connectivity index (χ1n) is 9.20. The number of hydrogen-bond donors (Lipinski definition) is 2. The first-order chi connectivity index (χ1) is 12.2. The van der Waals surface area contributed by atoms with Crippen molar-refractivity contribution in [2.45, 2.75) is 38.1 Å². The van der Waals surface area contributed by atoms with Crippen molar-refractivity contribution in [1.29, 1.82) is 0 Å². The molecular formula is C18H27N5O2. The molecule has 0 unspecified atom stereocenters. The number of anilines is 1. The zero-order valence-electron chi connectivity index (χ0n) is 14.6. The van der Waals surface area contributed by atoms with Crippen LogP contribution in [0.25, 0.3) is 0 Å². The molecular weight excluding hydrogens is 318 g/mol. The molecule has 1 saturated heterocycles. The second-order valence-electron chi connectivity index (χ2n) is 6.72. The highest BCUT2D eigenvalue weighted by Crippen LogP contribution is 2.17. The third-order valence-corrected chi connectivity index (χ3v) is 4.95. The third-order valence-electron chi connectivity index (χ3n) is 4.95. The lowest BCUT2D eigenvalue weighted by molar-refractivity contribution is -0.130. The fourth-order valence-corrected chi connectivity index (χ4v) is 3.48. The molecule has 25 heavy (non-hydrogen) atoms. The maximum absolute atomic E-state index is 12.3. The molecule has 0 atom stereocenters. The predicted octanol–water partition coefficient (Wildman–Crippen LogP) is 1.36. The van der Waals surface area contributed by atoms with E-state index in [1.54, 1.807) is 11.1 Å². The van der Waals surface area contributed by atoms with E-state index in [1.165, 1.54) is 19.3 Å². The molecule has 7 nitrogen and oxygen atoms in total. The Kier molecular flexibility index (Phi) is 6.09. The van der Waals surface area contributed by atoms with Crippen molar-refractivity contribution in [3.8, 4) is 0 Å². The van der Waals surface area contributed by atoms with Crippen LogP contribution in [0.5, 0.6) is 0 Å². The largest absolute Gasteiger partial charge is 0.353 e. The van der Waals surface area contributed by atoms with Gasteiger partial charge < -0.3 is 20.4 Å². The summed E-state index contributed by atoms with van der Waals surface area (Å²) in [4.78, 5) is 32.5. The van der Waals surface area contributed by atoms with Crippen molar-refractivity contribution >= 4 is 17.8 Å². The maximum Gasteiger partial charge on any atom is 0.315 e. The number of hydrogen-bond acceptors (Lipinski definition) is 4. The van der Waals surface area contributed by atoms with Gasteiger partial charge in [-0.2, -0.15) is 0 Å². The van der Waals surface area contributed by atoms with Crippen molar-refractivity contribution in [2.75, 3.05) is 37.6 Å². The zero-order chi connectivity index (χ0) is 17.5. The summed E-state index contributed by atoms with van der Waals surface area (Å²) in [5.74, 6) is 0.916. The molecule has 1 aliphatic carbocycles. The van der Waals surface area contributed by atoms with Crippen LogP contribution in [0, 0.1) is 0 Å². The highest BCUT2D eigenvalue weighted by molar-refractivity contribution is 5.84. The number of piperazine rings is 1.